The van der Waals surface area contributed by atoms with Crippen molar-refractivity contribution in [1.82, 2.24) is 10.6 Å². The van der Waals surface area contributed by atoms with Gasteiger partial charge in [-0.15, -0.1) is 0 Å². The van der Waals surface area contributed by atoms with Crippen LogP contribution in [0.1, 0.15) is 5.56 Å². The normalized spacial score (nSPS) is 13.2. The van der Waals surface area contributed by atoms with E-state index in [-0.39, 0.29) is 26.1 Å². The Hall–Kier alpha value is -2.25. The maximum Gasteiger partial charge on any atom is 0.234 e. The summed E-state index contributed by atoms with van der Waals surface area (Å²) in [7, 11) is 0. The van der Waals surface area contributed by atoms with Gasteiger partial charge in [-0.25, -0.2) is 0 Å². The molecule has 1 aromatic rings. The number of hydrogen-bond donors (Lipinski definition) is 4. The lowest BCUT2D eigenvalue weighted by Gasteiger charge is -2.29. The molecule has 6 N–H and O–H groups in total. The zero-order valence-corrected chi connectivity index (χ0v) is 11.7. The fourth-order valence-electron chi connectivity index (χ4n) is 1.96. The first kappa shape index (κ1) is 16.8. The summed E-state index contributed by atoms with van der Waals surface area (Å²) in [6.45, 7) is -0.219. The Kier molecular flexibility index (Phi) is 6.51. The number of aldehydes is 1. The summed E-state index contributed by atoms with van der Waals surface area (Å²) in [5, 5.41) is 5.37. The van der Waals surface area contributed by atoms with Gasteiger partial charge in [-0.3, -0.25) is 9.59 Å². The van der Waals surface area contributed by atoms with E-state index in [0.29, 0.717) is 6.29 Å². The number of carbonyl (C=O) groups is 3. The van der Waals surface area contributed by atoms with Gasteiger partial charge in [-0.05, 0) is 5.56 Å². The first-order valence-corrected chi connectivity index (χ1v) is 6.52. The molecule has 21 heavy (non-hydrogen) atoms. The zero-order chi connectivity index (χ0) is 15.7. The molecule has 0 radical (unpaired) electrons. The third-order valence-corrected chi connectivity index (χ3v) is 2.90. The van der Waals surface area contributed by atoms with Crippen LogP contribution in [-0.2, 0) is 20.8 Å². The molecule has 0 aromatic heterocycles. The zero-order valence-electron chi connectivity index (χ0n) is 11.7. The fraction of sp³-hybridized carbons (Fsp3) is 0.357. The van der Waals surface area contributed by atoms with E-state index in [2.05, 4.69) is 10.6 Å². The molecule has 0 aliphatic carbocycles. The summed E-state index contributed by atoms with van der Waals surface area (Å²) in [5.41, 5.74) is 10.0. The van der Waals surface area contributed by atoms with Crippen LogP contribution in [0.4, 0.5) is 0 Å². The first-order chi connectivity index (χ1) is 10.0. The van der Waals surface area contributed by atoms with Crippen LogP contribution in [0, 0.1) is 0 Å². The molecule has 0 aliphatic heterocycles. The van der Waals surface area contributed by atoms with E-state index in [1.165, 1.54) is 0 Å². The van der Waals surface area contributed by atoms with Crippen molar-refractivity contribution >= 4 is 18.1 Å². The van der Waals surface area contributed by atoms with Crippen LogP contribution in [0.25, 0.3) is 0 Å². The van der Waals surface area contributed by atoms with Gasteiger partial charge in [0.05, 0.1) is 13.1 Å². The van der Waals surface area contributed by atoms with Crippen molar-refractivity contribution in [3.63, 3.8) is 0 Å². The lowest BCUT2D eigenvalue weighted by molar-refractivity contribution is -0.125. The minimum atomic E-state index is -1.17. The fourth-order valence-corrected chi connectivity index (χ4v) is 1.96. The third-order valence-electron chi connectivity index (χ3n) is 2.90. The molecule has 7 nitrogen and oxygen atoms in total. The molecule has 0 saturated carbocycles. The van der Waals surface area contributed by atoms with E-state index in [1.54, 1.807) is 0 Å². The van der Waals surface area contributed by atoms with Crippen LogP contribution >= 0.6 is 0 Å². The summed E-state index contributed by atoms with van der Waals surface area (Å²) < 4.78 is 0. The molecular weight excluding hydrogens is 272 g/mol. The van der Waals surface area contributed by atoms with Gasteiger partial charge in [-0.1, -0.05) is 30.3 Å². The van der Waals surface area contributed by atoms with E-state index >= 15 is 0 Å². The summed E-state index contributed by atoms with van der Waals surface area (Å²) in [6.07, 6.45) is 0.941. The highest BCUT2D eigenvalue weighted by Gasteiger charge is 2.31. The maximum absolute atomic E-state index is 11.6. The smallest absolute Gasteiger partial charge is 0.234 e. The van der Waals surface area contributed by atoms with Crippen LogP contribution in [0.2, 0.25) is 0 Å². The van der Waals surface area contributed by atoms with Gasteiger partial charge in [0.25, 0.3) is 0 Å². The van der Waals surface area contributed by atoms with Crippen molar-refractivity contribution in [2.75, 3.05) is 19.6 Å². The van der Waals surface area contributed by atoms with E-state index in [0.717, 1.165) is 5.56 Å². The van der Waals surface area contributed by atoms with Crippen molar-refractivity contribution in [3.05, 3.63) is 35.9 Å². The Bertz CT molecular complexity index is 492. The SMILES string of the molecule is NCC(=O)N[C@@](C=O)(CNCC(N)=O)Cc1ccccc1. The van der Waals surface area contributed by atoms with E-state index in [1.807, 2.05) is 30.3 Å². The summed E-state index contributed by atoms with van der Waals surface area (Å²) in [5.74, 6) is -0.987. The number of nitrogens with one attached hydrogen (secondary N) is 2. The molecule has 0 bridgehead atoms. The predicted octanol–water partition coefficient (Wildman–Crippen LogP) is -1.68. The van der Waals surface area contributed by atoms with Crippen molar-refractivity contribution < 1.29 is 14.4 Å². The van der Waals surface area contributed by atoms with Gasteiger partial charge in [-0.2, -0.15) is 0 Å². The van der Waals surface area contributed by atoms with Gasteiger partial charge in [0.2, 0.25) is 11.8 Å². The molecule has 7 heteroatoms. The lowest BCUT2D eigenvalue weighted by atomic mass is 9.91. The van der Waals surface area contributed by atoms with Crippen LogP contribution in [-0.4, -0.2) is 43.3 Å². The summed E-state index contributed by atoms with van der Waals surface area (Å²) >= 11 is 0. The van der Waals surface area contributed by atoms with E-state index < -0.39 is 17.4 Å². The average molecular weight is 292 g/mol. The lowest BCUT2D eigenvalue weighted by Crippen LogP contribution is -2.59. The minimum Gasteiger partial charge on any atom is -0.369 e. The molecule has 1 aromatic carbocycles. The monoisotopic (exact) mass is 292 g/mol. The van der Waals surface area contributed by atoms with Crippen LogP contribution in [0.15, 0.2) is 30.3 Å². The van der Waals surface area contributed by atoms with Crippen molar-refractivity contribution in [2.45, 2.75) is 12.0 Å². The Balaban J connectivity index is 2.86. The molecule has 0 saturated heterocycles. The highest BCUT2D eigenvalue weighted by Crippen LogP contribution is 2.11. The van der Waals surface area contributed by atoms with Gasteiger partial charge in [0, 0.05) is 13.0 Å². The second-order valence-corrected chi connectivity index (χ2v) is 4.76. The number of benzene rings is 1. The Labute approximate surface area is 123 Å². The average Bonchev–Trinajstić information content (AvgIpc) is 2.47. The molecule has 0 unspecified atom stereocenters. The summed E-state index contributed by atoms with van der Waals surface area (Å²) in [4.78, 5) is 33.9. The second-order valence-electron chi connectivity index (χ2n) is 4.76. The first-order valence-electron chi connectivity index (χ1n) is 6.52. The van der Waals surface area contributed by atoms with Crippen molar-refractivity contribution in [3.8, 4) is 0 Å². The van der Waals surface area contributed by atoms with E-state index in [9.17, 15) is 14.4 Å². The van der Waals surface area contributed by atoms with Gasteiger partial charge in [0.1, 0.15) is 11.8 Å². The maximum atomic E-state index is 11.6. The molecular formula is C14H20N4O3. The van der Waals surface area contributed by atoms with Crippen LogP contribution < -0.4 is 22.1 Å². The summed E-state index contributed by atoms with van der Waals surface area (Å²) in [6, 6.07) is 9.23. The molecule has 114 valence electrons. The minimum absolute atomic E-state index is 0.0805. The Morgan fingerprint density at radius 3 is 2.43 bits per heavy atom. The largest absolute Gasteiger partial charge is 0.369 e. The molecule has 0 spiro atoms. The third kappa shape index (κ3) is 5.72. The Morgan fingerprint density at radius 2 is 1.90 bits per heavy atom. The molecule has 0 heterocycles. The van der Waals surface area contributed by atoms with E-state index in [4.69, 9.17) is 11.5 Å². The number of nitrogens with two attached hydrogens (primary N) is 2. The highest BCUT2D eigenvalue weighted by molar-refractivity contribution is 5.83. The van der Waals surface area contributed by atoms with Crippen molar-refractivity contribution in [1.29, 1.82) is 0 Å². The van der Waals surface area contributed by atoms with Gasteiger partial charge >= 0.3 is 0 Å². The number of amides is 2. The second kappa shape index (κ2) is 8.13. The molecule has 0 aliphatic rings. The predicted molar refractivity (Wildman–Crippen MR) is 78.2 cm³/mol. The quantitative estimate of drug-likeness (QED) is 0.404. The highest BCUT2D eigenvalue weighted by atomic mass is 16.2. The standard InChI is InChI=1S/C14H20N4O3/c15-7-13(21)18-14(10-19,9-17-8-12(16)20)6-11-4-2-1-3-5-11/h1-5,10,17H,6-9,15H2,(H2,16,20)(H,18,21)/t14-/m1/s1. The number of carbonyl (C=O) groups excluding carboxylic acids is 3. The Morgan fingerprint density at radius 1 is 1.24 bits per heavy atom. The van der Waals surface area contributed by atoms with Gasteiger partial charge in [0.15, 0.2) is 0 Å². The number of hydrogen-bond acceptors (Lipinski definition) is 5. The molecule has 2 amide bonds. The molecule has 1 rings (SSSR count). The molecule has 0 fully saturated rings. The number of primary amides is 1. The number of rotatable bonds is 9. The van der Waals surface area contributed by atoms with Crippen LogP contribution in [0.3, 0.4) is 0 Å². The van der Waals surface area contributed by atoms with Crippen molar-refractivity contribution in [2.24, 2.45) is 11.5 Å². The van der Waals surface area contributed by atoms with Crippen LogP contribution in [0.5, 0.6) is 0 Å². The topological polar surface area (TPSA) is 127 Å². The van der Waals surface area contributed by atoms with Gasteiger partial charge < -0.3 is 26.9 Å². The molecule has 1 atom stereocenters.